The average Bonchev–Trinajstić information content (AvgIpc) is 2.47. The van der Waals surface area contributed by atoms with Crippen molar-refractivity contribution in [3.05, 3.63) is 21.6 Å². The van der Waals surface area contributed by atoms with Crippen LogP contribution in [0.3, 0.4) is 0 Å². The molecule has 7 heteroatoms. The third-order valence-corrected chi connectivity index (χ3v) is 4.45. The number of hydrogen-bond donors (Lipinski definition) is 1. The molecular weight excluding hydrogens is 261 g/mol. The Labute approximate surface area is 83.7 Å². The van der Waals surface area contributed by atoms with Crippen LogP contribution in [0.1, 0.15) is 0 Å². The molecule has 1 N–H and O–H groups in total. The van der Waals surface area contributed by atoms with Crippen LogP contribution in [-0.2, 0) is 4.79 Å². The molecule has 0 spiro atoms. The van der Waals surface area contributed by atoms with E-state index in [1.54, 1.807) is 11.4 Å². The molecule has 0 saturated carbocycles. The summed E-state index contributed by atoms with van der Waals surface area (Å²) >= 11 is 0.694. The number of carbonyl (C=O) groups is 1. The SMILES string of the molecule is O=C(O)C[Se]c1ccsc1[N+](=O)[O-]. The molecule has 1 aromatic heterocycles. The first-order valence-corrected chi connectivity index (χ1v) is 6.12. The molecule has 0 atom stereocenters. The first-order chi connectivity index (χ1) is 6.11. The topological polar surface area (TPSA) is 80.4 Å². The Kier molecular flexibility index (Phi) is 3.41. The Morgan fingerprint density at radius 1 is 1.77 bits per heavy atom. The summed E-state index contributed by atoms with van der Waals surface area (Å²) in [6, 6.07) is 1.62. The van der Waals surface area contributed by atoms with Gasteiger partial charge < -0.3 is 0 Å². The fourth-order valence-corrected chi connectivity index (χ4v) is 3.42. The van der Waals surface area contributed by atoms with Gasteiger partial charge in [0.2, 0.25) is 0 Å². The van der Waals surface area contributed by atoms with E-state index in [0.29, 0.717) is 4.46 Å². The number of nitrogens with zero attached hydrogens (tertiary/aromatic N) is 1. The van der Waals surface area contributed by atoms with E-state index in [1.165, 1.54) is 0 Å². The van der Waals surface area contributed by atoms with E-state index in [1.807, 2.05) is 0 Å². The van der Waals surface area contributed by atoms with Crippen LogP contribution in [0.25, 0.3) is 0 Å². The Bertz CT molecular complexity index is 337. The van der Waals surface area contributed by atoms with Crippen molar-refractivity contribution in [2.24, 2.45) is 0 Å². The molecule has 0 bridgehead atoms. The van der Waals surface area contributed by atoms with Gasteiger partial charge in [0.15, 0.2) is 0 Å². The third-order valence-electron chi connectivity index (χ3n) is 1.13. The molecule has 0 radical (unpaired) electrons. The number of hydrogen-bond acceptors (Lipinski definition) is 4. The molecule has 0 aromatic carbocycles. The van der Waals surface area contributed by atoms with Crippen LogP contribution in [0.15, 0.2) is 11.4 Å². The monoisotopic (exact) mass is 267 g/mol. The molecule has 0 amide bonds. The molecule has 1 heterocycles. The van der Waals surface area contributed by atoms with Gasteiger partial charge in [0.25, 0.3) is 0 Å². The van der Waals surface area contributed by atoms with Gasteiger partial charge in [0, 0.05) is 0 Å². The van der Waals surface area contributed by atoms with Crippen molar-refractivity contribution in [3.8, 4) is 0 Å². The Morgan fingerprint density at radius 3 is 3.00 bits per heavy atom. The summed E-state index contributed by atoms with van der Waals surface area (Å²) < 4.78 is 0.560. The first kappa shape index (κ1) is 10.2. The molecule has 0 saturated heterocycles. The average molecular weight is 266 g/mol. The van der Waals surface area contributed by atoms with E-state index in [-0.39, 0.29) is 25.3 Å². The summed E-state index contributed by atoms with van der Waals surface area (Å²) in [6.07, 6.45) is 0. The van der Waals surface area contributed by atoms with E-state index < -0.39 is 10.9 Å². The minimum atomic E-state index is -0.916. The normalized spacial score (nSPS) is 9.85. The van der Waals surface area contributed by atoms with Crippen molar-refractivity contribution in [2.45, 2.75) is 5.32 Å². The van der Waals surface area contributed by atoms with Crippen molar-refractivity contribution in [1.29, 1.82) is 0 Å². The molecule has 0 aliphatic rings. The van der Waals surface area contributed by atoms with Gasteiger partial charge in [-0.3, -0.25) is 0 Å². The molecule has 13 heavy (non-hydrogen) atoms. The third kappa shape index (κ3) is 2.80. The predicted octanol–water partition coefficient (Wildman–Crippen LogP) is 0.489. The second-order valence-electron chi connectivity index (χ2n) is 2.03. The van der Waals surface area contributed by atoms with Gasteiger partial charge in [-0.15, -0.1) is 0 Å². The summed E-state index contributed by atoms with van der Waals surface area (Å²) in [5.74, 6) is -0.916. The van der Waals surface area contributed by atoms with E-state index in [0.717, 1.165) is 11.3 Å². The van der Waals surface area contributed by atoms with Gasteiger partial charge in [-0.05, 0) is 0 Å². The zero-order valence-electron chi connectivity index (χ0n) is 6.30. The summed E-state index contributed by atoms with van der Waals surface area (Å²) in [5, 5.41) is 20.5. The van der Waals surface area contributed by atoms with Gasteiger partial charge in [-0.2, -0.15) is 0 Å². The summed E-state index contributed by atoms with van der Waals surface area (Å²) in [6.45, 7) is 0. The molecule has 0 unspecified atom stereocenters. The number of carboxylic acid groups (broad SMARTS) is 1. The summed E-state index contributed by atoms with van der Waals surface area (Å²) in [7, 11) is 0. The fraction of sp³-hybridized carbons (Fsp3) is 0.167. The van der Waals surface area contributed by atoms with Gasteiger partial charge in [-0.1, -0.05) is 0 Å². The fourth-order valence-electron chi connectivity index (χ4n) is 0.672. The van der Waals surface area contributed by atoms with Gasteiger partial charge in [0.05, 0.1) is 0 Å². The van der Waals surface area contributed by atoms with Crippen molar-refractivity contribution in [3.63, 3.8) is 0 Å². The van der Waals surface area contributed by atoms with E-state index in [9.17, 15) is 14.9 Å². The van der Waals surface area contributed by atoms with Crippen LogP contribution in [0, 0.1) is 10.1 Å². The number of aliphatic carboxylic acids is 1. The molecule has 1 rings (SSSR count). The maximum atomic E-state index is 10.4. The maximum absolute atomic E-state index is 10.4. The molecule has 0 aliphatic heterocycles. The van der Waals surface area contributed by atoms with Crippen LogP contribution < -0.4 is 4.46 Å². The van der Waals surface area contributed by atoms with E-state index >= 15 is 0 Å². The van der Waals surface area contributed by atoms with Crippen molar-refractivity contribution in [2.75, 3.05) is 0 Å². The van der Waals surface area contributed by atoms with Crippen LogP contribution in [0.5, 0.6) is 0 Å². The second kappa shape index (κ2) is 4.36. The van der Waals surface area contributed by atoms with Crippen molar-refractivity contribution in [1.82, 2.24) is 0 Å². The Balaban J connectivity index is 2.71. The van der Waals surface area contributed by atoms with Crippen LogP contribution in [0.4, 0.5) is 5.00 Å². The second-order valence-corrected chi connectivity index (χ2v) is 5.06. The zero-order chi connectivity index (χ0) is 9.84. The van der Waals surface area contributed by atoms with Crippen LogP contribution >= 0.6 is 11.3 Å². The Morgan fingerprint density at radius 2 is 2.46 bits per heavy atom. The number of nitro groups is 1. The van der Waals surface area contributed by atoms with Crippen molar-refractivity contribution < 1.29 is 14.8 Å². The van der Waals surface area contributed by atoms with Crippen molar-refractivity contribution >= 4 is 41.7 Å². The van der Waals surface area contributed by atoms with Gasteiger partial charge in [-0.25, -0.2) is 0 Å². The standard InChI is InChI=1S/C6H5NO4SSe/c8-5(9)3-13-4-1-2-12-6(4)7(10)11/h1-2H,3H2,(H,8,9). The zero-order valence-corrected chi connectivity index (χ0v) is 8.83. The molecule has 0 fully saturated rings. The number of carboxylic acids is 1. The van der Waals surface area contributed by atoms with Gasteiger partial charge in [0.1, 0.15) is 0 Å². The quantitative estimate of drug-likeness (QED) is 0.488. The molecule has 70 valence electrons. The predicted molar refractivity (Wildman–Crippen MR) is 48.8 cm³/mol. The first-order valence-electron chi connectivity index (χ1n) is 3.17. The molecule has 0 aliphatic carbocycles. The van der Waals surface area contributed by atoms with Crippen LogP contribution in [-0.4, -0.2) is 31.0 Å². The van der Waals surface area contributed by atoms with Crippen LogP contribution in [0.2, 0.25) is 5.32 Å². The summed E-state index contributed by atoms with van der Waals surface area (Å²) in [5.41, 5.74) is 0. The van der Waals surface area contributed by atoms with E-state index in [2.05, 4.69) is 0 Å². The summed E-state index contributed by atoms with van der Waals surface area (Å²) in [4.78, 5) is 20.2. The minimum absolute atomic E-state index is 0.00935. The number of rotatable bonds is 4. The molecule has 1 aromatic rings. The molecule has 5 nitrogen and oxygen atoms in total. The number of thiophene rings is 1. The Hall–Kier alpha value is -0.911. The molecular formula is C6H5NO4SSe. The van der Waals surface area contributed by atoms with Gasteiger partial charge >= 0.3 is 83.4 Å². The van der Waals surface area contributed by atoms with E-state index in [4.69, 9.17) is 5.11 Å².